The third-order valence-corrected chi connectivity index (χ3v) is 7.37. The molecule has 6 heteroatoms. The summed E-state index contributed by atoms with van der Waals surface area (Å²) in [5.74, 6) is 3.61. The van der Waals surface area contributed by atoms with E-state index in [1.807, 2.05) is 0 Å². The van der Waals surface area contributed by atoms with Crippen molar-refractivity contribution in [2.24, 2.45) is 11.3 Å². The first kappa shape index (κ1) is 23.8. The molecular formula is C27H42N6. The van der Waals surface area contributed by atoms with Gasteiger partial charge in [-0.15, -0.1) is 0 Å². The van der Waals surface area contributed by atoms with Crippen molar-refractivity contribution in [3.63, 3.8) is 0 Å². The van der Waals surface area contributed by atoms with Gasteiger partial charge < -0.3 is 15.1 Å². The van der Waals surface area contributed by atoms with E-state index in [-0.39, 0.29) is 0 Å². The maximum Gasteiger partial charge on any atom is 0.229 e. The van der Waals surface area contributed by atoms with Crippen LogP contribution in [0.1, 0.15) is 52.0 Å². The molecule has 2 aliphatic rings. The van der Waals surface area contributed by atoms with Gasteiger partial charge in [0.25, 0.3) is 0 Å². The molecule has 0 atom stereocenters. The number of rotatable bonds is 6. The fourth-order valence-electron chi connectivity index (χ4n) is 5.13. The van der Waals surface area contributed by atoms with Crippen molar-refractivity contribution >= 4 is 17.6 Å². The number of aromatic nitrogens is 2. The highest BCUT2D eigenvalue weighted by molar-refractivity contribution is 5.54. The van der Waals surface area contributed by atoms with Gasteiger partial charge >= 0.3 is 0 Å². The van der Waals surface area contributed by atoms with Gasteiger partial charge in [-0.2, -0.15) is 9.97 Å². The number of nitrogens with one attached hydrogen (secondary N) is 1. The summed E-state index contributed by atoms with van der Waals surface area (Å²) >= 11 is 0. The molecule has 4 rings (SSSR count). The van der Waals surface area contributed by atoms with Crippen LogP contribution in [0.3, 0.4) is 0 Å². The first-order valence-corrected chi connectivity index (χ1v) is 12.6. The predicted molar refractivity (Wildman–Crippen MR) is 139 cm³/mol. The average Bonchev–Trinajstić information content (AvgIpc) is 2.80. The molecule has 0 amide bonds. The van der Waals surface area contributed by atoms with Gasteiger partial charge in [0, 0.05) is 58.9 Å². The zero-order valence-electron chi connectivity index (χ0n) is 21.2. The molecule has 2 aromatic rings. The van der Waals surface area contributed by atoms with E-state index in [0.717, 1.165) is 56.2 Å². The van der Waals surface area contributed by atoms with E-state index in [2.05, 4.69) is 91.3 Å². The Balaban J connectivity index is 1.39. The number of nitrogens with zero attached hydrogens (tertiary/aromatic N) is 5. The van der Waals surface area contributed by atoms with Crippen LogP contribution < -0.4 is 15.1 Å². The Labute approximate surface area is 200 Å². The number of hydrogen-bond acceptors (Lipinski definition) is 6. The van der Waals surface area contributed by atoms with Gasteiger partial charge in [-0.05, 0) is 42.6 Å². The molecule has 1 aliphatic carbocycles. The third kappa shape index (κ3) is 6.38. The molecule has 1 aromatic heterocycles. The molecule has 2 fully saturated rings. The van der Waals surface area contributed by atoms with Crippen LogP contribution in [-0.4, -0.2) is 61.2 Å². The van der Waals surface area contributed by atoms with Crippen molar-refractivity contribution in [3.05, 3.63) is 42.0 Å². The lowest BCUT2D eigenvalue weighted by Crippen LogP contribution is -2.46. The van der Waals surface area contributed by atoms with E-state index in [4.69, 9.17) is 9.97 Å². The van der Waals surface area contributed by atoms with Crippen LogP contribution in [-0.2, 0) is 6.54 Å². The monoisotopic (exact) mass is 450 g/mol. The molecule has 6 nitrogen and oxygen atoms in total. The van der Waals surface area contributed by atoms with Crippen molar-refractivity contribution in [1.82, 2.24) is 14.9 Å². The summed E-state index contributed by atoms with van der Waals surface area (Å²) < 4.78 is 0. The van der Waals surface area contributed by atoms with Gasteiger partial charge in [-0.25, -0.2) is 0 Å². The molecule has 1 saturated heterocycles. The summed E-state index contributed by atoms with van der Waals surface area (Å²) in [6, 6.07) is 13.4. The number of piperazine rings is 1. The summed E-state index contributed by atoms with van der Waals surface area (Å²) in [6.45, 7) is 12.1. The molecule has 33 heavy (non-hydrogen) atoms. The van der Waals surface area contributed by atoms with Gasteiger partial charge in [0.15, 0.2) is 0 Å². The highest BCUT2D eigenvalue weighted by atomic mass is 15.3. The van der Waals surface area contributed by atoms with Crippen LogP contribution in [0, 0.1) is 11.3 Å². The molecule has 180 valence electrons. The van der Waals surface area contributed by atoms with Gasteiger partial charge in [-0.3, -0.25) is 4.90 Å². The lowest BCUT2D eigenvalue weighted by molar-refractivity contribution is 0.173. The summed E-state index contributed by atoms with van der Waals surface area (Å²) in [5, 5.41) is 3.75. The quantitative estimate of drug-likeness (QED) is 0.677. The zero-order valence-corrected chi connectivity index (χ0v) is 21.2. The van der Waals surface area contributed by atoms with Crippen molar-refractivity contribution in [2.45, 2.75) is 59.0 Å². The van der Waals surface area contributed by atoms with Gasteiger partial charge in [-0.1, -0.05) is 51.1 Å². The van der Waals surface area contributed by atoms with E-state index in [0.29, 0.717) is 11.5 Å². The van der Waals surface area contributed by atoms with Crippen molar-refractivity contribution < 1.29 is 0 Å². The number of hydrogen-bond donors (Lipinski definition) is 1. The van der Waals surface area contributed by atoms with E-state index in [1.54, 1.807) is 0 Å². The third-order valence-electron chi connectivity index (χ3n) is 7.37. The molecule has 0 spiro atoms. The first-order chi connectivity index (χ1) is 15.8. The smallest absolute Gasteiger partial charge is 0.229 e. The normalized spacial score (nSPS) is 22.3. The second kappa shape index (κ2) is 10.3. The van der Waals surface area contributed by atoms with E-state index >= 15 is 0 Å². The molecule has 1 saturated carbocycles. The molecule has 1 aliphatic heterocycles. The highest BCUT2D eigenvalue weighted by Crippen LogP contribution is 2.38. The maximum atomic E-state index is 4.97. The second-order valence-corrected chi connectivity index (χ2v) is 11.1. The Morgan fingerprint density at radius 2 is 1.61 bits per heavy atom. The Morgan fingerprint density at radius 3 is 2.21 bits per heavy atom. The number of benzene rings is 1. The Bertz CT molecular complexity index is 875. The maximum absolute atomic E-state index is 4.97. The van der Waals surface area contributed by atoms with Gasteiger partial charge in [0.2, 0.25) is 5.95 Å². The van der Waals surface area contributed by atoms with Crippen molar-refractivity contribution in [2.75, 3.05) is 55.4 Å². The predicted octanol–water partition coefficient (Wildman–Crippen LogP) is 4.88. The molecule has 1 N–H and O–H groups in total. The molecule has 0 radical (unpaired) electrons. The summed E-state index contributed by atoms with van der Waals surface area (Å²) in [4.78, 5) is 16.8. The van der Waals surface area contributed by atoms with Crippen molar-refractivity contribution in [3.8, 4) is 0 Å². The summed E-state index contributed by atoms with van der Waals surface area (Å²) in [7, 11) is 4.12. The highest BCUT2D eigenvalue weighted by Gasteiger charge is 2.30. The van der Waals surface area contributed by atoms with Crippen molar-refractivity contribution in [1.29, 1.82) is 0 Å². The molecule has 0 bridgehead atoms. The zero-order chi connectivity index (χ0) is 23.4. The summed E-state index contributed by atoms with van der Waals surface area (Å²) in [6.07, 6.45) is 5.03. The SMILES string of the molecule is CN(C)c1cc(NC2CCC(C(C)(C)C)CC2)nc(N2CCN(Cc3ccccc3)CC2)n1. The van der Waals surface area contributed by atoms with Gasteiger partial charge in [0.05, 0.1) is 0 Å². The van der Waals surface area contributed by atoms with Crippen LogP contribution in [0.25, 0.3) is 0 Å². The minimum Gasteiger partial charge on any atom is -0.367 e. The lowest BCUT2D eigenvalue weighted by atomic mass is 9.71. The van der Waals surface area contributed by atoms with Crippen LogP contribution in [0.4, 0.5) is 17.6 Å². The second-order valence-electron chi connectivity index (χ2n) is 11.1. The molecular weight excluding hydrogens is 408 g/mol. The minimum atomic E-state index is 0.411. The van der Waals surface area contributed by atoms with Crippen LogP contribution in [0.5, 0.6) is 0 Å². The first-order valence-electron chi connectivity index (χ1n) is 12.6. The van der Waals surface area contributed by atoms with Crippen LogP contribution in [0.2, 0.25) is 0 Å². The lowest BCUT2D eigenvalue weighted by Gasteiger charge is -2.37. The van der Waals surface area contributed by atoms with Crippen LogP contribution >= 0.6 is 0 Å². The fourth-order valence-corrected chi connectivity index (χ4v) is 5.13. The van der Waals surface area contributed by atoms with Gasteiger partial charge in [0.1, 0.15) is 11.6 Å². The molecule has 1 aromatic carbocycles. The average molecular weight is 451 g/mol. The standard InChI is InChI=1S/C27H42N6/c1-27(2,3)22-11-13-23(14-12-22)28-24-19-25(31(4)5)30-26(29-24)33-17-15-32(16-18-33)20-21-9-7-6-8-10-21/h6-10,19,22-23H,11-18,20H2,1-5H3,(H,28,29,30). The Kier molecular flexibility index (Phi) is 7.42. The molecule has 0 unspecified atom stereocenters. The van der Waals surface area contributed by atoms with E-state index in [9.17, 15) is 0 Å². The fraction of sp³-hybridized carbons (Fsp3) is 0.630. The minimum absolute atomic E-state index is 0.411. The molecule has 2 heterocycles. The largest absolute Gasteiger partial charge is 0.367 e. The number of anilines is 3. The Hall–Kier alpha value is -2.34. The summed E-state index contributed by atoms with van der Waals surface area (Å²) in [5.41, 5.74) is 1.79. The van der Waals surface area contributed by atoms with Crippen LogP contribution in [0.15, 0.2) is 36.4 Å². The topological polar surface area (TPSA) is 47.5 Å². The Morgan fingerprint density at radius 1 is 0.939 bits per heavy atom. The van der Waals surface area contributed by atoms with E-state index < -0.39 is 0 Å². The van der Waals surface area contributed by atoms with E-state index in [1.165, 1.54) is 31.2 Å².